The second-order valence-corrected chi connectivity index (χ2v) is 4.15. The van der Waals surface area contributed by atoms with Gasteiger partial charge in [-0.05, 0) is 19.1 Å². The Morgan fingerprint density at radius 3 is 2.88 bits per heavy atom. The van der Waals surface area contributed by atoms with Crippen molar-refractivity contribution in [3.63, 3.8) is 0 Å². The van der Waals surface area contributed by atoms with Gasteiger partial charge in [0, 0.05) is 30.7 Å². The van der Waals surface area contributed by atoms with Gasteiger partial charge in [-0.3, -0.25) is 4.98 Å². The molecule has 1 saturated carbocycles. The zero-order valence-electron chi connectivity index (χ0n) is 9.45. The Morgan fingerprint density at radius 1 is 1.59 bits per heavy atom. The molecule has 0 N–H and O–H groups in total. The van der Waals surface area contributed by atoms with E-state index in [0.29, 0.717) is 11.3 Å². The molecule has 0 aromatic carbocycles. The highest BCUT2D eigenvalue weighted by Crippen LogP contribution is 2.47. The number of pyridine rings is 1. The molecule has 1 aliphatic carbocycles. The summed E-state index contributed by atoms with van der Waals surface area (Å²) in [5.41, 5.74) is 0.911. The summed E-state index contributed by atoms with van der Waals surface area (Å²) in [7, 11) is 0. The lowest BCUT2D eigenvalue weighted by Crippen LogP contribution is -2.34. The molecule has 0 bridgehead atoms. The van der Waals surface area contributed by atoms with Gasteiger partial charge in [0.25, 0.3) is 0 Å². The number of carbonyl (C=O) groups excluding carboxylic acids is 1. The zero-order valence-corrected chi connectivity index (χ0v) is 9.45. The van der Waals surface area contributed by atoms with Crippen molar-refractivity contribution in [2.45, 2.75) is 31.6 Å². The largest absolute Gasteiger partial charge is 0.462 e. The molecule has 3 nitrogen and oxygen atoms in total. The Morgan fingerprint density at radius 2 is 2.29 bits per heavy atom. The molecule has 1 aliphatic rings. The normalized spacial score (nSPS) is 18.5. The molecule has 0 aliphatic heterocycles. The van der Waals surface area contributed by atoms with Gasteiger partial charge in [-0.15, -0.1) is 0 Å². The Balaban J connectivity index is 2.10. The average Bonchev–Trinajstić information content (AvgIpc) is 2.26. The second-order valence-electron chi connectivity index (χ2n) is 4.15. The van der Waals surface area contributed by atoms with Crippen molar-refractivity contribution < 1.29 is 18.3 Å². The van der Waals surface area contributed by atoms with E-state index in [-0.39, 0.29) is 25.4 Å². The summed E-state index contributed by atoms with van der Waals surface area (Å²) >= 11 is 0. The molecule has 0 spiro atoms. The predicted molar refractivity (Wildman–Crippen MR) is 57.1 cm³/mol. The first-order chi connectivity index (χ1) is 8.02. The molecule has 5 heteroatoms. The lowest BCUT2D eigenvalue weighted by atomic mass is 9.79. The summed E-state index contributed by atoms with van der Waals surface area (Å²) in [5.74, 6) is -3.27. The van der Waals surface area contributed by atoms with Crippen LogP contribution in [0.15, 0.2) is 18.3 Å². The summed E-state index contributed by atoms with van der Waals surface area (Å²) < 4.78 is 30.3. The number of rotatable bonds is 3. The van der Waals surface area contributed by atoms with Crippen LogP contribution in [0.4, 0.5) is 8.78 Å². The Hall–Kier alpha value is -1.52. The van der Waals surface area contributed by atoms with Crippen molar-refractivity contribution in [3.8, 4) is 0 Å². The van der Waals surface area contributed by atoms with E-state index in [1.807, 2.05) is 0 Å². The number of esters is 1. The fourth-order valence-corrected chi connectivity index (χ4v) is 1.88. The van der Waals surface area contributed by atoms with Gasteiger partial charge in [0.1, 0.15) is 0 Å². The maximum Gasteiger partial charge on any atom is 0.338 e. The molecule has 92 valence electrons. The molecule has 1 aromatic rings. The fraction of sp³-hybridized carbons (Fsp3) is 0.500. The van der Waals surface area contributed by atoms with Crippen LogP contribution in [0.3, 0.4) is 0 Å². The van der Waals surface area contributed by atoms with E-state index in [9.17, 15) is 13.6 Å². The third-order valence-corrected chi connectivity index (χ3v) is 2.80. The molecule has 1 aromatic heterocycles. The summed E-state index contributed by atoms with van der Waals surface area (Å²) in [6, 6.07) is 3.07. The number of hydrogen-bond donors (Lipinski definition) is 0. The third-order valence-electron chi connectivity index (χ3n) is 2.80. The Labute approximate surface area is 97.8 Å². The maximum absolute atomic E-state index is 12.7. The van der Waals surface area contributed by atoms with Crippen molar-refractivity contribution in [1.29, 1.82) is 0 Å². The first kappa shape index (κ1) is 12.0. The van der Waals surface area contributed by atoms with Gasteiger partial charge in [0.15, 0.2) is 0 Å². The van der Waals surface area contributed by atoms with Crippen LogP contribution in [-0.2, 0) is 4.74 Å². The molecular formula is C12H13F2NO2. The van der Waals surface area contributed by atoms with Crippen LogP contribution in [0.1, 0.15) is 41.7 Å². The van der Waals surface area contributed by atoms with Gasteiger partial charge in [0.2, 0.25) is 5.92 Å². The van der Waals surface area contributed by atoms with Crippen molar-refractivity contribution in [3.05, 3.63) is 29.6 Å². The summed E-state index contributed by atoms with van der Waals surface area (Å²) in [6.07, 6.45) is 1.08. The van der Waals surface area contributed by atoms with E-state index in [0.717, 1.165) is 0 Å². The number of nitrogens with zero attached hydrogens (tertiary/aromatic N) is 1. The van der Waals surface area contributed by atoms with Crippen LogP contribution >= 0.6 is 0 Å². The molecule has 0 atom stereocenters. The van der Waals surface area contributed by atoms with Gasteiger partial charge < -0.3 is 4.74 Å². The van der Waals surface area contributed by atoms with Crippen LogP contribution in [0.5, 0.6) is 0 Å². The lowest BCUT2D eigenvalue weighted by molar-refractivity contribution is -0.0876. The zero-order chi connectivity index (χ0) is 12.5. The van der Waals surface area contributed by atoms with E-state index in [1.54, 1.807) is 6.92 Å². The highest BCUT2D eigenvalue weighted by molar-refractivity contribution is 5.89. The van der Waals surface area contributed by atoms with E-state index in [2.05, 4.69) is 4.98 Å². The number of alkyl halides is 2. The second kappa shape index (κ2) is 4.39. The van der Waals surface area contributed by atoms with Gasteiger partial charge in [-0.1, -0.05) is 0 Å². The first-order valence-corrected chi connectivity index (χ1v) is 5.53. The third kappa shape index (κ3) is 2.60. The number of halogens is 2. The Bertz CT molecular complexity index is 426. The molecular weight excluding hydrogens is 228 g/mol. The summed E-state index contributed by atoms with van der Waals surface area (Å²) in [4.78, 5) is 15.5. The van der Waals surface area contributed by atoms with Gasteiger partial charge in [-0.25, -0.2) is 13.6 Å². The minimum absolute atomic E-state index is 0.188. The predicted octanol–water partition coefficient (Wildman–Crippen LogP) is 2.77. The number of carbonyl (C=O) groups is 1. The van der Waals surface area contributed by atoms with Gasteiger partial charge in [0.05, 0.1) is 12.2 Å². The summed E-state index contributed by atoms with van der Waals surface area (Å²) in [5, 5.41) is 0. The fourth-order valence-electron chi connectivity index (χ4n) is 1.88. The van der Waals surface area contributed by atoms with Crippen LogP contribution in [0.2, 0.25) is 0 Å². The molecule has 2 rings (SSSR count). The molecule has 1 fully saturated rings. The van der Waals surface area contributed by atoms with Crippen LogP contribution in [0.25, 0.3) is 0 Å². The van der Waals surface area contributed by atoms with E-state index >= 15 is 0 Å². The number of aromatic nitrogens is 1. The standard InChI is InChI=1S/C12H13F2NO2/c1-2-17-11(16)8-3-4-15-10(5-8)9-6-12(13,14)7-9/h3-5,9H,2,6-7H2,1H3. The minimum atomic E-state index is -2.58. The molecule has 0 unspecified atom stereocenters. The van der Waals surface area contributed by atoms with E-state index < -0.39 is 11.9 Å². The van der Waals surface area contributed by atoms with E-state index in [1.165, 1.54) is 18.3 Å². The summed E-state index contributed by atoms with van der Waals surface area (Å²) in [6.45, 7) is 2.00. The SMILES string of the molecule is CCOC(=O)c1ccnc(C2CC(F)(F)C2)c1. The molecule has 17 heavy (non-hydrogen) atoms. The van der Waals surface area contributed by atoms with Crippen LogP contribution in [-0.4, -0.2) is 23.5 Å². The maximum atomic E-state index is 12.7. The van der Waals surface area contributed by atoms with Crippen LogP contribution in [0, 0.1) is 0 Å². The lowest BCUT2D eigenvalue weighted by Gasteiger charge is -2.34. The van der Waals surface area contributed by atoms with Crippen molar-refractivity contribution in [1.82, 2.24) is 4.98 Å². The van der Waals surface area contributed by atoms with Gasteiger partial charge >= 0.3 is 5.97 Å². The molecule has 0 radical (unpaired) electrons. The average molecular weight is 241 g/mol. The van der Waals surface area contributed by atoms with Crippen molar-refractivity contribution in [2.75, 3.05) is 6.61 Å². The highest BCUT2D eigenvalue weighted by Gasteiger charge is 2.46. The van der Waals surface area contributed by atoms with Crippen molar-refractivity contribution in [2.24, 2.45) is 0 Å². The smallest absolute Gasteiger partial charge is 0.338 e. The number of hydrogen-bond acceptors (Lipinski definition) is 3. The minimum Gasteiger partial charge on any atom is -0.462 e. The quantitative estimate of drug-likeness (QED) is 0.764. The van der Waals surface area contributed by atoms with Gasteiger partial charge in [-0.2, -0.15) is 0 Å². The highest BCUT2D eigenvalue weighted by atomic mass is 19.3. The Kier molecular flexibility index (Phi) is 3.09. The molecule has 1 heterocycles. The van der Waals surface area contributed by atoms with E-state index in [4.69, 9.17) is 4.74 Å². The monoisotopic (exact) mass is 241 g/mol. The topological polar surface area (TPSA) is 39.2 Å². The first-order valence-electron chi connectivity index (χ1n) is 5.53. The molecule has 0 saturated heterocycles. The van der Waals surface area contributed by atoms with Crippen LogP contribution < -0.4 is 0 Å². The van der Waals surface area contributed by atoms with Crippen molar-refractivity contribution >= 4 is 5.97 Å². The number of ether oxygens (including phenoxy) is 1. The molecule has 0 amide bonds.